The van der Waals surface area contributed by atoms with E-state index in [1.54, 1.807) is 0 Å². The third kappa shape index (κ3) is 4.99. The number of carbonyl (C=O) groups excluding carboxylic acids is 1. The number of ether oxygens (including phenoxy) is 1. The average molecular weight is 239 g/mol. The summed E-state index contributed by atoms with van der Waals surface area (Å²) in [6, 6.07) is 0. The number of aryl methyl sites for hydroxylation is 1. The van der Waals surface area contributed by atoms with Crippen molar-refractivity contribution in [1.29, 1.82) is 0 Å². The zero-order valence-electron chi connectivity index (χ0n) is 10.8. The Hall–Kier alpha value is -1.36. The van der Waals surface area contributed by atoms with Crippen molar-refractivity contribution in [3.63, 3.8) is 0 Å². The quantitative estimate of drug-likeness (QED) is 0.569. The third-order valence-electron chi connectivity index (χ3n) is 2.42. The van der Waals surface area contributed by atoms with Crippen molar-refractivity contribution in [3.05, 3.63) is 18.0 Å². The van der Waals surface area contributed by atoms with Gasteiger partial charge in [0.25, 0.3) is 0 Å². The van der Waals surface area contributed by atoms with Gasteiger partial charge in [-0.2, -0.15) is 5.10 Å². The number of aromatic nitrogens is 2. The molecule has 1 N–H and O–H groups in total. The third-order valence-corrected chi connectivity index (χ3v) is 2.42. The highest BCUT2D eigenvalue weighted by Crippen LogP contribution is 1.97. The number of hydrogen-bond acceptors (Lipinski definition) is 4. The van der Waals surface area contributed by atoms with Crippen LogP contribution in [0.1, 0.15) is 19.4 Å². The molecule has 5 nitrogen and oxygen atoms in total. The van der Waals surface area contributed by atoms with Crippen LogP contribution < -0.4 is 5.32 Å². The number of hydrogen-bond donors (Lipinski definition) is 1. The standard InChI is InChI=1S/C12H21N3O2/c1-4-17-12(16)11(3)8-13-5-6-15-9-10(2)7-14-15/h7,9,11,13H,4-6,8H2,1-3H3. The van der Waals surface area contributed by atoms with Crippen LogP contribution in [0.4, 0.5) is 0 Å². The average Bonchev–Trinajstić information content (AvgIpc) is 2.70. The second-order valence-corrected chi connectivity index (χ2v) is 4.14. The van der Waals surface area contributed by atoms with Crippen LogP contribution in [0.5, 0.6) is 0 Å². The molecular weight excluding hydrogens is 218 g/mol. The molecule has 0 aromatic carbocycles. The highest BCUT2D eigenvalue weighted by Gasteiger charge is 2.12. The van der Waals surface area contributed by atoms with Gasteiger partial charge < -0.3 is 10.1 Å². The van der Waals surface area contributed by atoms with Crippen molar-refractivity contribution in [3.8, 4) is 0 Å². The van der Waals surface area contributed by atoms with E-state index in [0.717, 1.165) is 18.7 Å². The van der Waals surface area contributed by atoms with Gasteiger partial charge in [-0.05, 0) is 19.4 Å². The number of esters is 1. The molecule has 1 heterocycles. The predicted molar refractivity (Wildman–Crippen MR) is 65.6 cm³/mol. The van der Waals surface area contributed by atoms with E-state index in [9.17, 15) is 4.79 Å². The van der Waals surface area contributed by atoms with Crippen LogP contribution in [0, 0.1) is 12.8 Å². The molecule has 1 rings (SSSR count). The van der Waals surface area contributed by atoms with Gasteiger partial charge in [-0.15, -0.1) is 0 Å². The van der Waals surface area contributed by atoms with Crippen LogP contribution in [-0.2, 0) is 16.1 Å². The Morgan fingerprint density at radius 2 is 2.41 bits per heavy atom. The Morgan fingerprint density at radius 1 is 1.65 bits per heavy atom. The molecule has 0 aliphatic rings. The SMILES string of the molecule is CCOC(=O)C(C)CNCCn1cc(C)cn1. The molecule has 0 spiro atoms. The van der Waals surface area contributed by atoms with Crippen molar-refractivity contribution < 1.29 is 9.53 Å². The first-order valence-corrected chi connectivity index (χ1v) is 6.00. The van der Waals surface area contributed by atoms with Crippen molar-refractivity contribution in [2.24, 2.45) is 5.92 Å². The van der Waals surface area contributed by atoms with Gasteiger partial charge in [0.15, 0.2) is 0 Å². The Morgan fingerprint density at radius 3 is 3.00 bits per heavy atom. The smallest absolute Gasteiger partial charge is 0.309 e. The molecule has 96 valence electrons. The van der Waals surface area contributed by atoms with E-state index >= 15 is 0 Å². The summed E-state index contributed by atoms with van der Waals surface area (Å²) in [5, 5.41) is 7.40. The lowest BCUT2D eigenvalue weighted by atomic mass is 10.2. The van der Waals surface area contributed by atoms with Gasteiger partial charge >= 0.3 is 5.97 Å². The maximum Gasteiger partial charge on any atom is 0.309 e. The Labute approximate surface area is 102 Å². The zero-order chi connectivity index (χ0) is 12.7. The molecule has 0 saturated carbocycles. The lowest BCUT2D eigenvalue weighted by molar-refractivity contribution is -0.147. The molecule has 0 radical (unpaired) electrons. The fraction of sp³-hybridized carbons (Fsp3) is 0.667. The maximum absolute atomic E-state index is 11.3. The van der Waals surface area contributed by atoms with Gasteiger partial charge in [-0.3, -0.25) is 9.48 Å². The van der Waals surface area contributed by atoms with E-state index in [-0.39, 0.29) is 11.9 Å². The Bertz CT molecular complexity index is 349. The molecular formula is C12H21N3O2. The summed E-state index contributed by atoms with van der Waals surface area (Å²) < 4.78 is 6.81. The molecule has 0 amide bonds. The first-order chi connectivity index (χ1) is 8.13. The van der Waals surface area contributed by atoms with Gasteiger partial charge in [0.1, 0.15) is 0 Å². The molecule has 0 saturated heterocycles. The summed E-state index contributed by atoms with van der Waals surface area (Å²) in [4.78, 5) is 11.3. The van der Waals surface area contributed by atoms with E-state index in [4.69, 9.17) is 4.74 Å². The molecule has 0 aliphatic heterocycles. The van der Waals surface area contributed by atoms with E-state index in [2.05, 4.69) is 10.4 Å². The monoisotopic (exact) mass is 239 g/mol. The van der Waals surface area contributed by atoms with Crippen molar-refractivity contribution >= 4 is 5.97 Å². The molecule has 1 aromatic rings. The molecule has 1 unspecified atom stereocenters. The summed E-state index contributed by atoms with van der Waals surface area (Å²) in [6.07, 6.45) is 3.83. The summed E-state index contributed by atoms with van der Waals surface area (Å²) in [6.45, 7) is 8.38. The number of rotatable bonds is 7. The predicted octanol–water partition coefficient (Wildman–Crippen LogP) is 0.980. The van der Waals surface area contributed by atoms with Crippen LogP contribution in [0.15, 0.2) is 12.4 Å². The van der Waals surface area contributed by atoms with Gasteiger partial charge in [0, 0.05) is 19.3 Å². The minimum Gasteiger partial charge on any atom is -0.466 e. The van der Waals surface area contributed by atoms with Gasteiger partial charge in [0.05, 0.1) is 25.3 Å². The van der Waals surface area contributed by atoms with Crippen LogP contribution in [-0.4, -0.2) is 35.4 Å². The lowest BCUT2D eigenvalue weighted by Gasteiger charge is -2.11. The fourth-order valence-electron chi connectivity index (χ4n) is 1.47. The topological polar surface area (TPSA) is 56.1 Å². The van der Waals surface area contributed by atoms with E-state index in [1.807, 2.05) is 37.8 Å². The van der Waals surface area contributed by atoms with Crippen molar-refractivity contribution in [2.75, 3.05) is 19.7 Å². The maximum atomic E-state index is 11.3. The first kappa shape index (κ1) is 13.7. The molecule has 1 aromatic heterocycles. The number of carbonyl (C=O) groups is 1. The van der Waals surface area contributed by atoms with Crippen LogP contribution in [0.25, 0.3) is 0 Å². The molecule has 1 atom stereocenters. The van der Waals surface area contributed by atoms with Crippen LogP contribution >= 0.6 is 0 Å². The van der Waals surface area contributed by atoms with Crippen LogP contribution in [0.3, 0.4) is 0 Å². The van der Waals surface area contributed by atoms with Gasteiger partial charge in [-0.1, -0.05) is 6.92 Å². The van der Waals surface area contributed by atoms with Gasteiger partial charge in [0.2, 0.25) is 0 Å². The van der Waals surface area contributed by atoms with E-state index in [1.165, 1.54) is 0 Å². The lowest BCUT2D eigenvalue weighted by Crippen LogP contribution is -2.30. The molecule has 0 aliphatic carbocycles. The second kappa shape index (κ2) is 7.06. The Kier molecular flexibility index (Phi) is 5.69. The van der Waals surface area contributed by atoms with Crippen molar-refractivity contribution in [2.45, 2.75) is 27.3 Å². The Balaban J connectivity index is 2.13. The number of nitrogens with zero attached hydrogens (tertiary/aromatic N) is 2. The zero-order valence-corrected chi connectivity index (χ0v) is 10.8. The van der Waals surface area contributed by atoms with E-state index in [0.29, 0.717) is 13.2 Å². The summed E-state index contributed by atoms with van der Waals surface area (Å²) in [7, 11) is 0. The van der Waals surface area contributed by atoms with Crippen LogP contribution in [0.2, 0.25) is 0 Å². The number of nitrogens with one attached hydrogen (secondary N) is 1. The highest BCUT2D eigenvalue weighted by molar-refractivity contribution is 5.72. The molecule has 0 bridgehead atoms. The normalized spacial score (nSPS) is 12.4. The summed E-state index contributed by atoms with van der Waals surface area (Å²) >= 11 is 0. The largest absolute Gasteiger partial charge is 0.466 e. The van der Waals surface area contributed by atoms with E-state index < -0.39 is 0 Å². The molecule has 5 heteroatoms. The highest BCUT2D eigenvalue weighted by atomic mass is 16.5. The van der Waals surface area contributed by atoms with Crippen molar-refractivity contribution in [1.82, 2.24) is 15.1 Å². The summed E-state index contributed by atoms with van der Waals surface area (Å²) in [5.74, 6) is -0.246. The minimum absolute atomic E-state index is 0.102. The first-order valence-electron chi connectivity index (χ1n) is 6.00. The fourth-order valence-corrected chi connectivity index (χ4v) is 1.47. The minimum atomic E-state index is -0.144. The van der Waals surface area contributed by atoms with Gasteiger partial charge in [-0.25, -0.2) is 0 Å². The summed E-state index contributed by atoms with van der Waals surface area (Å²) in [5.41, 5.74) is 1.16. The molecule has 17 heavy (non-hydrogen) atoms. The molecule has 0 fully saturated rings. The second-order valence-electron chi connectivity index (χ2n) is 4.14.